The van der Waals surface area contributed by atoms with Crippen LogP contribution in [0.25, 0.3) is 0 Å². The number of carbonyl (C=O) groups excluding carboxylic acids is 1. The first-order valence-electron chi connectivity index (χ1n) is 5.14. The Morgan fingerprint density at radius 1 is 1.60 bits per heavy atom. The summed E-state index contributed by atoms with van der Waals surface area (Å²) in [6, 6.07) is 1.84. The molecule has 1 aromatic heterocycles. The Balaban J connectivity index is 2.41. The predicted octanol–water partition coefficient (Wildman–Crippen LogP) is 0.667. The van der Waals surface area contributed by atoms with Gasteiger partial charge in [-0.15, -0.1) is 0 Å². The standard InChI is InChI=1S/C10H18N4O/c1-4-5-11-7-10(15)12-9-6-8(2)13-14(9)3/h6,11H,4-5,7H2,1-3H3,(H,12,15). The lowest BCUT2D eigenvalue weighted by Gasteiger charge is -2.05. The Kier molecular flexibility index (Phi) is 4.30. The number of anilines is 1. The first-order valence-corrected chi connectivity index (χ1v) is 5.14. The maximum Gasteiger partial charge on any atom is 0.239 e. The van der Waals surface area contributed by atoms with Gasteiger partial charge in [0.1, 0.15) is 5.82 Å². The van der Waals surface area contributed by atoms with E-state index in [0.717, 1.165) is 24.5 Å². The van der Waals surface area contributed by atoms with Gasteiger partial charge in [-0.25, -0.2) is 0 Å². The minimum atomic E-state index is -0.0357. The molecule has 0 atom stereocenters. The van der Waals surface area contributed by atoms with Crippen molar-refractivity contribution in [2.45, 2.75) is 20.3 Å². The summed E-state index contributed by atoms with van der Waals surface area (Å²) in [4.78, 5) is 11.4. The summed E-state index contributed by atoms with van der Waals surface area (Å²) >= 11 is 0. The van der Waals surface area contributed by atoms with Crippen LogP contribution in [0.3, 0.4) is 0 Å². The zero-order valence-corrected chi connectivity index (χ0v) is 9.50. The van der Waals surface area contributed by atoms with Crippen molar-refractivity contribution in [3.63, 3.8) is 0 Å². The van der Waals surface area contributed by atoms with Crippen molar-refractivity contribution < 1.29 is 4.79 Å². The fraction of sp³-hybridized carbons (Fsp3) is 0.600. The predicted molar refractivity (Wildman–Crippen MR) is 59.7 cm³/mol. The SMILES string of the molecule is CCCNCC(=O)Nc1cc(C)nn1C. The van der Waals surface area contributed by atoms with Crippen LogP contribution < -0.4 is 10.6 Å². The Hall–Kier alpha value is -1.36. The number of hydrogen-bond acceptors (Lipinski definition) is 3. The fourth-order valence-electron chi connectivity index (χ4n) is 1.29. The highest BCUT2D eigenvalue weighted by Crippen LogP contribution is 2.06. The largest absolute Gasteiger partial charge is 0.310 e. The number of amides is 1. The number of hydrogen-bond donors (Lipinski definition) is 2. The zero-order chi connectivity index (χ0) is 11.3. The summed E-state index contributed by atoms with van der Waals surface area (Å²) in [6.45, 7) is 5.16. The van der Waals surface area contributed by atoms with E-state index in [-0.39, 0.29) is 5.91 Å². The zero-order valence-electron chi connectivity index (χ0n) is 9.50. The van der Waals surface area contributed by atoms with Crippen LogP contribution in [-0.2, 0) is 11.8 Å². The van der Waals surface area contributed by atoms with Crippen LogP contribution in [0.2, 0.25) is 0 Å². The lowest BCUT2D eigenvalue weighted by atomic mass is 10.4. The highest BCUT2D eigenvalue weighted by molar-refractivity contribution is 5.91. The van der Waals surface area contributed by atoms with Crippen molar-refractivity contribution in [3.05, 3.63) is 11.8 Å². The second kappa shape index (κ2) is 5.50. The van der Waals surface area contributed by atoms with E-state index in [2.05, 4.69) is 22.7 Å². The summed E-state index contributed by atoms with van der Waals surface area (Å²) in [5.41, 5.74) is 0.898. The van der Waals surface area contributed by atoms with E-state index in [4.69, 9.17) is 0 Å². The molecule has 15 heavy (non-hydrogen) atoms. The molecule has 1 heterocycles. The van der Waals surface area contributed by atoms with E-state index in [1.54, 1.807) is 4.68 Å². The molecule has 0 aliphatic heterocycles. The molecule has 1 amide bonds. The molecule has 0 fully saturated rings. The summed E-state index contributed by atoms with van der Waals surface area (Å²) in [5.74, 6) is 0.697. The van der Waals surface area contributed by atoms with Gasteiger partial charge in [-0.2, -0.15) is 5.10 Å². The number of carbonyl (C=O) groups is 1. The summed E-state index contributed by atoms with van der Waals surface area (Å²) < 4.78 is 1.66. The molecule has 5 heteroatoms. The Morgan fingerprint density at radius 2 is 2.33 bits per heavy atom. The maximum atomic E-state index is 11.4. The number of aryl methyl sites for hydroxylation is 2. The molecule has 0 spiro atoms. The highest BCUT2D eigenvalue weighted by atomic mass is 16.2. The van der Waals surface area contributed by atoms with Gasteiger partial charge in [0.25, 0.3) is 0 Å². The average Bonchev–Trinajstić information content (AvgIpc) is 2.45. The molecule has 1 rings (SSSR count). The van der Waals surface area contributed by atoms with Crippen molar-refractivity contribution in [3.8, 4) is 0 Å². The molecule has 0 saturated carbocycles. The minimum Gasteiger partial charge on any atom is -0.310 e. The van der Waals surface area contributed by atoms with Gasteiger partial charge in [0.05, 0.1) is 12.2 Å². The van der Waals surface area contributed by atoms with Crippen LogP contribution in [0.5, 0.6) is 0 Å². The molecule has 1 aromatic rings. The number of nitrogens with one attached hydrogen (secondary N) is 2. The molecule has 0 radical (unpaired) electrons. The van der Waals surface area contributed by atoms with Crippen LogP contribution in [0.4, 0.5) is 5.82 Å². The van der Waals surface area contributed by atoms with Crippen LogP contribution in [0.1, 0.15) is 19.0 Å². The first kappa shape index (κ1) is 11.7. The van der Waals surface area contributed by atoms with Gasteiger partial charge in [-0.05, 0) is 19.9 Å². The average molecular weight is 210 g/mol. The van der Waals surface area contributed by atoms with Crippen molar-refractivity contribution in [2.75, 3.05) is 18.4 Å². The molecule has 0 aliphatic rings. The molecule has 84 valence electrons. The van der Waals surface area contributed by atoms with Gasteiger partial charge in [-0.3, -0.25) is 9.48 Å². The lowest BCUT2D eigenvalue weighted by Crippen LogP contribution is -2.29. The molecule has 0 aliphatic carbocycles. The van der Waals surface area contributed by atoms with E-state index in [1.807, 2.05) is 20.0 Å². The molecule has 5 nitrogen and oxygen atoms in total. The van der Waals surface area contributed by atoms with Gasteiger partial charge < -0.3 is 10.6 Å². The van der Waals surface area contributed by atoms with Gasteiger partial charge in [0.2, 0.25) is 5.91 Å². The molecule has 0 aromatic carbocycles. The minimum absolute atomic E-state index is 0.0357. The van der Waals surface area contributed by atoms with E-state index in [9.17, 15) is 4.79 Å². The van der Waals surface area contributed by atoms with E-state index < -0.39 is 0 Å². The van der Waals surface area contributed by atoms with Gasteiger partial charge in [0, 0.05) is 13.1 Å². The van der Waals surface area contributed by atoms with Gasteiger partial charge >= 0.3 is 0 Å². The second-order valence-electron chi connectivity index (χ2n) is 3.52. The molecule has 0 bridgehead atoms. The topological polar surface area (TPSA) is 59.0 Å². The Labute approximate surface area is 89.9 Å². The molecular formula is C10H18N4O. The van der Waals surface area contributed by atoms with Crippen LogP contribution in [0.15, 0.2) is 6.07 Å². The first-order chi connectivity index (χ1) is 7.13. The van der Waals surface area contributed by atoms with E-state index >= 15 is 0 Å². The van der Waals surface area contributed by atoms with Crippen molar-refractivity contribution in [2.24, 2.45) is 7.05 Å². The smallest absolute Gasteiger partial charge is 0.239 e. The Morgan fingerprint density at radius 3 is 2.87 bits per heavy atom. The highest BCUT2D eigenvalue weighted by Gasteiger charge is 2.05. The maximum absolute atomic E-state index is 11.4. The van der Waals surface area contributed by atoms with E-state index in [1.165, 1.54) is 0 Å². The third-order valence-electron chi connectivity index (χ3n) is 1.98. The lowest BCUT2D eigenvalue weighted by molar-refractivity contribution is -0.115. The Bertz CT molecular complexity index is 332. The monoisotopic (exact) mass is 210 g/mol. The van der Waals surface area contributed by atoms with Crippen LogP contribution >= 0.6 is 0 Å². The normalized spacial score (nSPS) is 10.3. The molecular weight excluding hydrogens is 192 g/mol. The number of rotatable bonds is 5. The molecule has 2 N–H and O–H groups in total. The summed E-state index contributed by atoms with van der Waals surface area (Å²) in [5, 5.41) is 9.97. The van der Waals surface area contributed by atoms with Crippen molar-refractivity contribution in [1.82, 2.24) is 15.1 Å². The van der Waals surface area contributed by atoms with Crippen molar-refractivity contribution >= 4 is 11.7 Å². The number of nitrogens with zero attached hydrogens (tertiary/aromatic N) is 2. The number of aromatic nitrogens is 2. The van der Waals surface area contributed by atoms with Crippen LogP contribution in [0, 0.1) is 6.92 Å². The molecule has 0 saturated heterocycles. The van der Waals surface area contributed by atoms with Crippen molar-refractivity contribution in [1.29, 1.82) is 0 Å². The summed E-state index contributed by atoms with van der Waals surface area (Å²) in [6.07, 6.45) is 1.03. The molecule has 0 unspecified atom stereocenters. The summed E-state index contributed by atoms with van der Waals surface area (Å²) in [7, 11) is 1.81. The third-order valence-corrected chi connectivity index (χ3v) is 1.98. The second-order valence-corrected chi connectivity index (χ2v) is 3.52. The fourth-order valence-corrected chi connectivity index (χ4v) is 1.29. The van der Waals surface area contributed by atoms with Gasteiger partial charge in [0.15, 0.2) is 0 Å². The van der Waals surface area contributed by atoms with Crippen LogP contribution in [-0.4, -0.2) is 28.8 Å². The van der Waals surface area contributed by atoms with E-state index in [0.29, 0.717) is 6.54 Å². The third kappa shape index (κ3) is 3.71. The van der Waals surface area contributed by atoms with Gasteiger partial charge in [-0.1, -0.05) is 6.92 Å². The quantitative estimate of drug-likeness (QED) is 0.702.